The fraction of sp³-hybridized carbons (Fsp3) is 0.0625. The topological polar surface area (TPSA) is 84.5 Å². The predicted molar refractivity (Wildman–Crippen MR) is 86.5 cm³/mol. The van der Waals surface area contributed by atoms with E-state index in [1.165, 1.54) is 12.1 Å². The molecule has 1 aliphatic heterocycles. The van der Waals surface area contributed by atoms with Crippen molar-refractivity contribution in [2.24, 2.45) is 0 Å². The van der Waals surface area contributed by atoms with Gasteiger partial charge in [-0.05, 0) is 46.3 Å². The molecule has 116 valence electrons. The van der Waals surface area contributed by atoms with Crippen molar-refractivity contribution in [3.63, 3.8) is 0 Å². The highest BCUT2D eigenvalue weighted by atomic mass is 79.9. The lowest BCUT2D eigenvalue weighted by atomic mass is 10.1. The average Bonchev–Trinajstić information content (AvgIpc) is 2.81. The van der Waals surface area contributed by atoms with E-state index in [-0.39, 0.29) is 18.1 Å². The molecule has 7 heteroatoms. The van der Waals surface area contributed by atoms with Crippen molar-refractivity contribution in [3.05, 3.63) is 58.1 Å². The van der Waals surface area contributed by atoms with Crippen molar-refractivity contribution >= 4 is 39.3 Å². The molecule has 0 aromatic heterocycles. The number of nitrogens with one attached hydrogen (secondary N) is 2. The summed E-state index contributed by atoms with van der Waals surface area (Å²) in [5.41, 5.74) is 0.978. The molecule has 23 heavy (non-hydrogen) atoms. The van der Waals surface area contributed by atoms with Gasteiger partial charge in [-0.3, -0.25) is 19.7 Å². The minimum Gasteiger partial charge on any atom is -0.483 e. The molecule has 3 rings (SSSR count). The zero-order valence-corrected chi connectivity index (χ0v) is 13.3. The Labute approximate surface area is 140 Å². The van der Waals surface area contributed by atoms with Crippen molar-refractivity contribution in [2.75, 3.05) is 11.9 Å². The van der Waals surface area contributed by atoms with Crippen molar-refractivity contribution in [3.8, 4) is 5.75 Å². The number of rotatable bonds is 4. The molecule has 0 unspecified atom stereocenters. The van der Waals surface area contributed by atoms with Gasteiger partial charge < -0.3 is 10.1 Å². The molecule has 0 fully saturated rings. The van der Waals surface area contributed by atoms with Crippen LogP contribution in [0.2, 0.25) is 0 Å². The Hall–Kier alpha value is -2.67. The molecule has 0 aliphatic carbocycles. The van der Waals surface area contributed by atoms with E-state index in [9.17, 15) is 14.4 Å². The van der Waals surface area contributed by atoms with Crippen LogP contribution in [0.3, 0.4) is 0 Å². The summed E-state index contributed by atoms with van der Waals surface area (Å²) in [6, 6.07) is 11.7. The van der Waals surface area contributed by atoms with Gasteiger partial charge in [0.15, 0.2) is 6.61 Å². The zero-order valence-electron chi connectivity index (χ0n) is 11.8. The molecule has 3 amide bonds. The molecule has 0 saturated carbocycles. The number of carbonyl (C=O) groups excluding carboxylic acids is 3. The third-order valence-electron chi connectivity index (χ3n) is 3.22. The summed E-state index contributed by atoms with van der Waals surface area (Å²) in [7, 11) is 0. The van der Waals surface area contributed by atoms with Crippen LogP contribution < -0.4 is 15.4 Å². The first-order valence-electron chi connectivity index (χ1n) is 6.71. The number of hydrogen-bond donors (Lipinski definition) is 2. The minimum absolute atomic E-state index is 0.176. The van der Waals surface area contributed by atoms with E-state index in [0.29, 0.717) is 17.0 Å². The number of carbonyl (C=O) groups is 3. The molecule has 2 N–H and O–H groups in total. The highest BCUT2D eigenvalue weighted by Gasteiger charge is 2.26. The summed E-state index contributed by atoms with van der Waals surface area (Å²) in [6.45, 7) is -0.176. The molecule has 2 aromatic carbocycles. The van der Waals surface area contributed by atoms with Crippen molar-refractivity contribution in [1.29, 1.82) is 0 Å². The molecular weight excluding hydrogens is 364 g/mol. The number of benzene rings is 2. The monoisotopic (exact) mass is 374 g/mol. The Balaban J connectivity index is 1.65. The molecular formula is C16H11BrN2O4. The van der Waals surface area contributed by atoms with Gasteiger partial charge >= 0.3 is 0 Å². The zero-order chi connectivity index (χ0) is 16.4. The Morgan fingerprint density at radius 3 is 2.61 bits per heavy atom. The van der Waals surface area contributed by atoms with E-state index in [2.05, 4.69) is 26.6 Å². The number of fused-ring (bicyclic) bond motifs is 1. The van der Waals surface area contributed by atoms with Gasteiger partial charge in [0.1, 0.15) is 5.75 Å². The number of amides is 3. The van der Waals surface area contributed by atoms with E-state index >= 15 is 0 Å². The molecule has 6 nitrogen and oxygen atoms in total. The van der Waals surface area contributed by atoms with E-state index in [4.69, 9.17) is 4.74 Å². The van der Waals surface area contributed by atoms with E-state index in [1.807, 2.05) is 12.1 Å². The van der Waals surface area contributed by atoms with Crippen LogP contribution in [0, 0.1) is 0 Å². The Morgan fingerprint density at radius 1 is 1.09 bits per heavy atom. The summed E-state index contributed by atoms with van der Waals surface area (Å²) in [5.74, 6) is -0.710. The lowest BCUT2D eigenvalue weighted by Crippen LogP contribution is -2.20. The lowest BCUT2D eigenvalue weighted by Gasteiger charge is -2.09. The fourth-order valence-electron chi connectivity index (χ4n) is 2.15. The number of imide groups is 1. The van der Waals surface area contributed by atoms with Crippen LogP contribution in [0.5, 0.6) is 5.75 Å². The van der Waals surface area contributed by atoms with Gasteiger partial charge in [-0.15, -0.1) is 0 Å². The summed E-state index contributed by atoms with van der Waals surface area (Å²) in [5, 5.41) is 4.82. The maximum absolute atomic E-state index is 11.9. The maximum atomic E-state index is 11.9. The Kier molecular flexibility index (Phi) is 4.12. The van der Waals surface area contributed by atoms with Gasteiger partial charge in [-0.25, -0.2) is 0 Å². The van der Waals surface area contributed by atoms with Crippen molar-refractivity contribution in [2.45, 2.75) is 0 Å². The van der Waals surface area contributed by atoms with Gasteiger partial charge in [-0.1, -0.05) is 12.1 Å². The molecule has 0 atom stereocenters. The fourth-order valence-corrected chi connectivity index (χ4v) is 2.55. The van der Waals surface area contributed by atoms with Gasteiger partial charge in [0.2, 0.25) is 0 Å². The Morgan fingerprint density at radius 2 is 1.83 bits per heavy atom. The van der Waals surface area contributed by atoms with Crippen LogP contribution in [0.25, 0.3) is 0 Å². The number of anilines is 1. The van der Waals surface area contributed by atoms with Crippen LogP contribution in [-0.2, 0) is 4.79 Å². The number of halogens is 1. The van der Waals surface area contributed by atoms with E-state index in [1.54, 1.807) is 18.2 Å². The minimum atomic E-state index is -0.467. The summed E-state index contributed by atoms with van der Waals surface area (Å²) < 4.78 is 6.16. The first-order chi connectivity index (χ1) is 11.0. The third kappa shape index (κ3) is 3.24. The van der Waals surface area contributed by atoms with Crippen LogP contribution >= 0.6 is 15.9 Å². The van der Waals surface area contributed by atoms with Gasteiger partial charge in [0.25, 0.3) is 17.7 Å². The standard InChI is InChI=1S/C16H11BrN2O4/c17-12-3-1-2-4-13(12)23-8-14(20)18-9-5-6-10-11(7-9)16(22)19-15(10)21/h1-7H,8H2,(H,18,20)(H,19,21,22). The molecule has 0 radical (unpaired) electrons. The lowest BCUT2D eigenvalue weighted by molar-refractivity contribution is -0.118. The maximum Gasteiger partial charge on any atom is 0.262 e. The predicted octanol–water partition coefficient (Wildman–Crippen LogP) is 2.35. The smallest absolute Gasteiger partial charge is 0.262 e. The largest absolute Gasteiger partial charge is 0.483 e. The van der Waals surface area contributed by atoms with Gasteiger partial charge in [0.05, 0.1) is 15.6 Å². The number of hydrogen-bond acceptors (Lipinski definition) is 4. The highest BCUT2D eigenvalue weighted by Crippen LogP contribution is 2.24. The quantitative estimate of drug-likeness (QED) is 0.804. The Bertz CT molecular complexity index is 819. The van der Waals surface area contributed by atoms with E-state index in [0.717, 1.165) is 4.47 Å². The number of para-hydroxylation sites is 1. The third-order valence-corrected chi connectivity index (χ3v) is 3.87. The van der Waals surface area contributed by atoms with Crippen LogP contribution in [-0.4, -0.2) is 24.3 Å². The first-order valence-corrected chi connectivity index (χ1v) is 7.51. The molecule has 2 aromatic rings. The average molecular weight is 375 g/mol. The molecule has 1 heterocycles. The SMILES string of the molecule is O=C(COc1ccccc1Br)Nc1ccc2c(c1)C(=O)NC2=O. The van der Waals surface area contributed by atoms with Crippen LogP contribution in [0.1, 0.15) is 20.7 Å². The normalized spacial score (nSPS) is 12.6. The second-order valence-corrected chi connectivity index (χ2v) is 5.67. The van der Waals surface area contributed by atoms with Gasteiger partial charge in [-0.2, -0.15) is 0 Å². The number of ether oxygens (including phenoxy) is 1. The highest BCUT2D eigenvalue weighted by molar-refractivity contribution is 9.10. The van der Waals surface area contributed by atoms with E-state index < -0.39 is 11.8 Å². The second kappa shape index (κ2) is 6.21. The van der Waals surface area contributed by atoms with Crippen LogP contribution in [0.15, 0.2) is 46.9 Å². The van der Waals surface area contributed by atoms with Gasteiger partial charge in [0, 0.05) is 5.69 Å². The molecule has 0 spiro atoms. The summed E-state index contributed by atoms with van der Waals surface area (Å²) in [4.78, 5) is 35.0. The van der Waals surface area contributed by atoms with Crippen molar-refractivity contribution < 1.29 is 19.1 Å². The summed E-state index contributed by atoms with van der Waals surface area (Å²) in [6.07, 6.45) is 0. The van der Waals surface area contributed by atoms with Crippen LogP contribution in [0.4, 0.5) is 5.69 Å². The molecule has 1 aliphatic rings. The molecule has 0 bridgehead atoms. The first kappa shape index (κ1) is 15.2. The summed E-state index contributed by atoms with van der Waals surface area (Å²) >= 11 is 3.33. The second-order valence-electron chi connectivity index (χ2n) is 4.81. The molecule has 0 saturated heterocycles. The van der Waals surface area contributed by atoms with Crippen molar-refractivity contribution in [1.82, 2.24) is 5.32 Å².